The first-order chi connectivity index (χ1) is 10.9. The zero-order chi connectivity index (χ0) is 16.9. The normalized spacial score (nSPS) is 15.1. The fraction of sp³-hybridized carbons (Fsp3) is 0.600. The van der Waals surface area contributed by atoms with Crippen molar-refractivity contribution >= 4 is 36.5 Å². The lowest BCUT2D eigenvalue weighted by Gasteiger charge is -2.33. The molecule has 0 aliphatic carbocycles. The second-order valence-corrected chi connectivity index (χ2v) is 5.62. The molecule has 0 atom stereocenters. The van der Waals surface area contributed by atoms with E-state index in [9.17, 15) is 18.0 Å². The minimum atomic E-state index is -4.37. The first kappa shape index (κ1) is 23.8. The Hall–Kier alpha value is -1.25. The number of aromatic nitrogens is 1. The summed E-state index contributed by atoms with van der Waals surface area (Å²) in [7, 11) is 0. The Balaban J connectivity index is 0.00000288. The molecular formula is C15H23Cl2F3N4O. The smallest absolute Gasteiger partial charge is 0.356 e. The molecule has 2 rings (SSSR count). The summed E-state index contributed by atoms with van der Waals surface area (Å²) in [5, 5.41) is 2.96. The molecule has 0 bridgehead atoms. The summed E-state index contributed by atoms with van der Waals surface area (Å²) in [6.45, 7) is 1.80. The van der Waals surface area contributed by atoms with Gasteiger partial charge in [-0.1, -0.05) is 0 Å². The Kier molecular flexibility index (Phi) is 10.1. The van der Waals surface area contributed by atoms with E-state index in [1.54, 1.807) is 0 Å². The van der Waals surface area contributed by atoms with Crippen molar-refractivity contribution in [1.82, 2.24) is 10.3 Å². The fourth-order valence-electron chi connectivity index (χ4n) is 2.56. The van der Waals surface area contributed by atoms with E-state index in [1.165, 1.54) is 6.07 Å². The number of pyridine rings is 1. The van der Waals surface area contributed by atoms with Crippen LogP contribution in [0.1, 0.15) is 31.2 Å². The largest absolute Gasteiger partial charge is 0.417 e. The van der Waals surface area contributed by atoms with Crippen molar-refractivity contribution in [3.05, 3.63) is 23.9 Å². The number of nitrogens with zero attached hydrogens (tertiary/aromatic N) is 2. The van der Waals surface area contributed by atoms with Crippen LogP contribution in [0.15, 0.2) is 18.3 Å². The summed E-state index contributed by atoms with van der Waals surface area (Å²) >= 11 is 0. The zero-order valence-corrected chi connectivity index (χ0v) is 15.2. The van der Waals surface area contributed by atoms with Gasteiger partial charge in [0.1, 0.15) is 5.82 Å². The average molecular weight is 403 g/mol. The van der Waals surface area contributed by atoms with Crippen LogP contribution in [0.25, 0.3) is 0 Å². The number of nitrogens with two attached hydrogens (primary N) is 1. The molecule has 0 spiro atoms. The summed E-state index contributed by atoms with van der Waals surface area (Å²) in [6.07, 6.45) is -0.923. The Morgan fingerprint density at radius 2 is 1.92 bits per heavy atom. The van der Waals surface area contributed by atoms with Crippen LogP contribution in [0, 0.1) is 0 Å². The average Bonchev–Trinajstić information content (AvgIpc) is 2.53. The molecule has 10 heteroatoms. The maximum absolute atomic E-state index is 12.5. The summed E-state index contributed by atoms with van der Waals surface area (Å²) in [5.41, 5.74) is 4.62. The van der Waals surface area contributed by atoms with E-state index in [4.69, 9.17) is 5.73 Å². The van der Waals surface area contributed by atoms with Crippen molar-refractivity contribution in [2.75, 3.05) is 24.5 Å². The standard InChI is InChI=1S/C15H21F3N4O.2ClH/c16-15(17,18)11-3-4-13(20-10-11)22-8-5-12(6-9-22)21-14(23)2-1-7-19;;/h3-4,10,12H,1-2,5-9,19H2,(H,21,23);2*1H. The number of piperidine rings is 1. The first-order valence-corrected chi connectivity index (χ1v) is 7.68. The Morgan fingerprint density at radius 3 is 2.40 bits per heavy atom. The Labute approximate surface area is 157 Å². The van der Waals surface area contributed by atoms with Gasteiger partial charge in [0.05, 0.1) is 5.56 Å². The molecular weight excluding hydrogens is 380 g/mol. The van der Waals surface area contributed by atoms with E-state index >= 15 is 0 Å². The number of hydrogen-bond acceptors (Lipinski definition) is 4. The van der Waals surface area contributed by atoms with Gasteiger partial charge in [-0.3, -0.25) is 4.79 Å². The molecule has 1 saturated heterocycles. The lowest BCUT2D eigenvalue weighted by atomic mass is 10.0. The number of carbonyl (C=O) groups excluding carboxylic acids is 1. The molecule has 0 radical (unpaired) electrons. The highest BCUT2D eigenvalue weighted by Gasteiger charge is 2.31. The van der Waals surface area contributed by atoms with E-state index < -0.39 is 11.7 Å². The zero-order valence-electron chi connectivity index (χ0n) is 13.6. The number of anilines is 1. The van der Waals surface area contributed by atoms with Crippen LogP contribution in [0.4, 0.5) is 19.0 Å². The molecule has 1 aromatic rings. The third kappa shape index (κ3) is 7.25. The van der Waals surface area contributed by atoms with Crippen LogP contribution in [0.3, 0.4) is 0 Å². The molecule has 1 aliphatic rings. The van der Waals surface area contributed by atoms with Crippen LogP contribution in [-0.2, 0) is 11.0 Å². The van der Waals surface area contributed by atoms with Gasteiger partial charge in [0, 0.05) is 31.7 Å². The van der Waals surface area contributed by atoms with Gasteiger partial charge in [0.15, 0.2) is 0 Å². The van der Waals surface area contributed by atoms with Crippen LogP contribution >= 0.6 is 24.8 Å². The van der Waals surface area contributed by atoms with Crippen molar-refractivity contribution in [3.63, 3.8) is 0 Å². The monoisotopic (exact) mass is 402 g/mol. The van der Waals surface area contributed by atoms with E-state index in [1.807, 2.05) is 4.90 Å². The molecule has 144 valence electrons. The van der Waals surface area contributed by atoms with E-state index in [0.29, 0.717) is 38.3 Å². The van der Waals surface area contributed by atoms with E-state index in [-0.39, 0.29) is 36.8 Å². The van der Waals surface area contributed by atoms with Gasteiger partial charge in [0.2, 0.25) is 5.91 Å². The van der Waals surface area contributed by atoms with Gasteiger partial charge in [-0.2, -0.15) is 13.2 Å². The molecule has 5 nitrogen and oxygen atoms in total. The number of nitrogens with one attached hydrogen (secondary N) is 1. The lowest BCUT2D eigenvalue weighted by molar-refractivity contribution is -0.137. The molecule has 1 amide bonds. The van der Waals surface area contributed by atoms with Gasteiger partial charge in [-0.05, 0) is 37.9 Å². The highest BCUT2D eigenvalue weighted by atomic mass is 35.5. The van der Waals surface area contributed by atoms with E-state index in [2.05, 4.69) is 10.3 Å². The summed E-state index contributed by atoms with van der Waals surface area (Å²) < 4.78 is 37.6. The summed E-state index contributed by atoms with van der Waals surface area (Å²) in [6, 6.07) is 2.54. The van der Waals surface area contributed by atoms with Crippen molar-refractivity contribution in [1.29, 1.82) is 0 Å². The Bertz CT molecular complexity index is 521. The molecule has 2 heterocycles. The van der Waals surface area contributed by atoms with Gasteiger partial charge in [0.25, 0.3) is 0 Å². The molecule has 1 aromatic heterocycles. The van der Waals surface area contributed by atoms with Crippen molar-refractivity contribution in [2.24, 2.45) is 5.73 Å². The molecule has 0 aromatic carbocycles. The predicted octanol–water partition coefficient (Wildman–Crippen LogP) is 2.77. The highest BCUT2D eigenvalue weighted by molar-refractivity contribution is 5.85. The first-order valence-electron chi connectivity index (χ1n) is 7.68. The second-order valence-electron chi connectivity index (χ2n) is 5.62. The van der Waals surface area contributed by atoms with Crippen molar-refractivity contribution in [3.8, 4) is 0 Å². The quantitative estimate of drug-likeness (QED) is 0.793. The SMILES string of the molecule is Cl.Cl.NCCCC(=O)NC1CCN(c2ccc(C(F)(F)F)cn2)CC1. The van der Waals surface area contributed by atoms with Gasteiger partial charge < -0.3 is 16.0 Å². The van der Waals surface area contributed by atoms with Crippen molar-refractivity contribution < 1.29 is 18.0 Å². The number of carbonyl (C=O) groups is 1. The molecule has 0 saturated carbocycles. The maximum Gasteiger partial charge on any atom is 0.417 e. The third-order valence-electron chi connectivity index (χ3n) is 3.87. The van der Waals surface area contributed by atoms with Crippen molar-refractivity contribution in [2.45, 2.75) is 37.9 Å². The molecule has 1 fully saturated rings. The van der Waals surface area contributed by atoms with Gasteiger partial charge >= 0.3 is 6.18 Å². The number of amides is 1. The van der Waals surface area contributed by atoms with Crippen LogP contribution in [0.2, 0.25) is 0 Å². The second kappa shape index (κ2) is 10.7. The summed E-state index contributed by atoms with van der Waals surface area (Å²) in [5.74, 6) is 0.535. The maximum atomic E-state index is 12.5. The summed E-state index contributed by atoms with van der Waals surface area (Å²) in [4.78, 5) is 17.5. The molecule has 3 N–H and O–H groups in total. The molecule has 0 unspecified atom stereocenters. The van der Waals surface area contributed by atoms with Gasteiger partial charge in [-0.25, -0.2) is 4.98 Å². The number of alkyl halides is 3. The number of rotatable bonds is 5. The van der Waals surface area contributed by atoms with Gasteiger partial charge in [-0.15, -0.1) is 24.8 Å². The third-order valence-corrected chi connectivity index (χ3v) is 3.87. The highest BCUT2D eigenvalue weighted by Crippen LogP contribution is 2.29. The van der Waals surface area contributed by atoms with Crippen LogP contribution < -0.4 is 16.0 Å². The van der Waals surface area contributed by atoms with E-state index in [0.717, 1.165) is 25.1 Å². The van der Waals surface area contributed by atoms with Crippen LogP contribution in [-0.4, -0.2) is 36.6 Å². The minimum Gasteiger partial charge on any atom is -0.356 e. The lowest BCUT2D eigenvalue weighted by Crippen LogP contribution is -2.45. The Morgan fingerprint density at radius 1 is 1.28 bits per heavy atom. The fourth-order valence-corrected chi connectivity index (χ4v) is 2.56. The van der Waals surface area contributed by atoms with Crippen LogP contribution in [0.5, 0.6) is 0 Å². The number of halogens is 5. The molecule has 25 heavy (non-hydrogen) atoms. The topological polar surface area (TPSA) is 71.2 Å². The minimum absolute atomic E-state index is 0. The predicted molar refractivity (Wildman–Crippen MR) is 95.4 cm³/mol. The number of hydrogen-bond donors (Lipinski definition) is 2. The molecule has 1 aliphatic heterocycles.